The fourth-order valence-electron chi connectivity index (χ4n) is 2.75. The number of aliphatic hydroxyl groups is 1. The summed E-state index contributed by atoms with van der Waals surface area (Å²) in [5.74, 6) is -3.97. The van der Waals surface area contributed by atoms with Crippen molar-refractivity contribution in [2.24, 2.45) is 17.4 Å². The molecule has 6 atom stereocenters. The lowest BCUT2D eigenvalue weighted by Crippen LogP contribution is -2.59. The lowest BCUT2D eigenvalue weighted by molar-refractivity contribution is -0.143. The van der Waals surface area contributed by atoms with Gasteiger partial charge in [0, 0.05) is 6.42 Å². The predicted octanol–water partition coefficient (Wildman–Crippen LogP) is -1.70. The lowest BCUT2D eigenvalue weighted by atomic mass is 9.97. The minimum atomic E-state index is -1.36. The second kappa shape index (κ2) is 15.5. The van der Waals surface area contributed by atoms with Crippen LogP contribution in [0.1, 0.15) is 46.5 Å². The van der Waals surface area contributed by atoms with Crippen LogP contribution in [0.15, 0.2) is 0 Å². The number of carbonyl (C=O) groups is 5. The molecule has 0 aliphatic heterocycles. The Bertz CT molecular complexity index is 692. The SMILES string of the molecule is CCC(C)C(NC(=O)C(CCSC)NC(=O)C(N)C(C)O)C(=O)NC(CCC(N)=O)C(=O)O. The van der Waals surface area contributed by atoms with Gasteiger partial charge in [-0.2, -0.15) is 11.8 Å². The average Bonchev–Trinajstić information content (AvgIpc) is 2.75. The minimum Gasteiger partial charge on any atom is -0.480 e. The Morgan fingerprint density at radius 1 is 0.939 bits per heavy atom. The molecule has 6 unspecified atom stereocenters. The Morgan fingerprint density at radius 2 is 1.52 bits per heavy atom. The summed E-state index contributed by atoms with van der Waals surface area (Å²) < 4.78 is 0. The maximum absolute atomic E-state index is 13.0. The molecule has 0 saturated carbocycles. The van der Waals surface area contributed by atoms with Gasteiger partial charge in [-0.15, -0.1) is 0 Å². The third-order valence-electron chi connectivity index (χ3n) is 5.15. The predicted molar refractivity (Wildman–Crippen MR) is 124 cm³/mol. The van der Waals surface area contributed by atoms with Crippen LogP contribution in [0.2, 0.25) is 0 Å². The smallest absolute Gasteiger partial charge is 0.326 e. The van der Waals surface area contributed by atoms with Crippen LogP contribution in [0.4, 0.5) is 0 Å². The van der Waals surface area contributed by atoms with Crippen molar-refractivity contribution in [2.75, 3.05) is 12.0 Å². The van der Waals surface area contributed by atoms with Crippen molar-refractivity contribution in [3.63, 3.8) is 0 Å². The van der Waals surface area contributed by atoms with E-state index in [0.717, 1.165) is 0 Å². The molecular formula is C20H37N5O7S. The molecule has 0 bridgehead atoms. The Hall–Kier alpha value is -2.38. The zero-order valence-electron chi connectivity index (χ0n) is 19.5. The van der Waals surface area contributed by atoms with Gasteiger partial charge in [0.25, 0.3) is 0 Å². The molecule has 12 nitrogen and oxygen atoms in total. The van der Waals surface area contributed by atoms with Gasteiger partial charge in [0.2, 0.25) is 23.6 Å². The molecular weight excluding hydrogens is 454 g/mol. The molecule has 0 aliphatic carbocycles. The van der Waals surface area contributed by atoms with Crippen LogP contribution in [0.3, 0.4) is 0 Å². The molecule has 0 radical (unpaired) electrons. The molecule has 0 saturated heterocycles. The minimum absolute atomic E-state index is 0.193. The molecule has 0 rings (SSSR count). The summed E-state index contributed by atoms with van der Waals surface area (Å²) in [4.78, 5) is 60.5. The van der Waals surface area contributed by atoms with Gasteiger partial charge >= 0.3 is 5.97 Å². The topological polar surface area (TPSA) is 214 Å². The van der Waals surface area contributed by atoms with Crippen LogP contribution < -0.4 is 27.4 Å². The fraction of sp³-hybridized carbons (Fsp3) is 0.750. The maximum Gasteiger partial charge on any atom is 0.326 e. The van der Waals surface area contributed by atoms with Crippen molar-refractivity contribution in [3.05, 3.63) is 0 Å². The third-order valence-corrected chi connectivity index (χ3v) is 5.80. The number of primary amides is 1. The first-order valence-corrected chi connectivity index (χ1v) is 12.1. The highest BCUT2D eigenvalue weighted by molar-refractivity contribution is 7.98. The number of hydrogen-bond acceptors (Lipinski definition) is 8. The van der Waals surface area contributed by atoms with Crippen LogP contribution in [0, 0.1) is 5.92 Å². The highest BCUT2D eigenvalue weighted by Gasteiger charge is 2.33. The second-order valence-corrected chi connectivity index (χ2v) is 8.87. The number of amides is 4. The number of thioether (sulfide) groups is 1. The number of aliphatic carboxylic acids is 1. The van der Waals surface area contributed by atoms with Crippen LogP contribution in [0.5, 0.6) is 0 Å². The number of carboxylic acid groups (broad SMARTS) is 1. The van der Waals surface area contributed by atoms with Crippen LogP contribution >= 0.6 is 11.8 Å². The molecule has 13 heteroatoms. The van der Waals surface area contributed by atoms with Crippen molar-refractivity contribution in [1.82, 2.24) is 16.0 Å². The summed E-state index contributed by atoms with van der Waals surface area (Å²) in [5.41, 5.74) is 10.7. The zero-order valence-corrected chi connectivity index (χ0v) is 20.3. The molecule has 190 valence electrons. The Morgan fingerprint density at radius 3 is 1.97 bits per heavy atom. The molecule has 0 aromatic carbocycles. The normalized spacial score (nSPS) is 16.4. The molecule has 4 amide bonds. The second-order valence-electron chi connectivity index (χ2n) is 7.89. The largest absolute Gasteiger partial charge is 0.480 e. The Kier molecular flexibility index (Phi) is 14.3. The van der Waals surface area contributed by atoms with Gasteiger partial charge in [0.05, 0.1) is 6.10 Å². The summed E-state index contributed by atoms with van der Waals surface area (Å²) in [5, 5.41) is 26.3. The number of carbonyl (C=O) groups excluding carboxylic acids is 4. The van der Waals surface area contributed by atoms with E-state index in [-0.39, 0.29) is 25.2 Å². The van der Waals surface area contributed by atoms with Crippen molar-refractivity contribution >= 4 is 41.4 Å². The number of aliphatic hydroxyl groups excluding tert-OH is 1. The molecule has 0 aromatic heterocycles. The zero-order chi connectivity index (χ0) is 25.7. The van der Waals surface area contributed by atoms with Crippen LogP contribution in [-0.4, -0.2) is 82.1 Å². The fourth-order valence-corrected chi connectivity index (χ4v) is 3.22. The summed E-state index contributed by atoms with van der Waals surface area (Å²) in [6.45, 7) is 4.86. The van der Waals surface area contributed by atoms with Crippen molar-refractivity contribution in [2.45, 2.75) is 76.7 Å². The Balaban J connectivity index is 5.52. The number of hydrogen-bond donors (Lipinski definition) is 7. The monoisotopic (exact) mass is 491 g/mol. The first-order valence-electron chi connectivity index (χ1n) is 10.7. The third kappa shape index (κ3) is 11.3. The van der Waals surface area contributed by atoms with Crippen molar-refractivity contribution in [3.8, 4) is 0 Å². The first-order chi connectivity index (χ1) is 15.3. The summed E-state index contributed by atoms with van der Waals surface area (Å²) in [6.07, 6.45) is 1.01. The van der Waals surface area contributed by atoms with Crippen LogP contribution in [0.25, 0.3) is 0 Å². The summed E-state index contributed by atoms with van der Waals surface area (Å²) in [6, 6.07) is -4.69. The summed E-state index contributed by atoms with van der Waals surface area (Å²) in [7, 11) is 0. The van der Waals surface area contributed by atoms with E-state index in [4.69, 9.17) is 11.5 Å². The van der Waals surface area contributed by atoms with Crippen molar-refractivity contribution < 1.29 is 34.2 Å². The van der Waals surface area contributed by atoms with Gasteiger partial charge < -0.3 is 37.6 Å². The number of rotatable bonds is 16. The van der Waals surface area contributed by atoms with Gasteiger partial charge in [-0.25, -0.2) is 4.79 Å². The molecule has 0 aromatic rings. The quantitative estimate of drug-likeness (QED) is 0.131. The molecule has 0 heterocycles. The number of nitrogens with one attached hydrogen (secondary N) is 3. The van der Waals surface area contributed by atoms with Crippen LogP contribution in [-0.2, 0) is 24.0 Å². The van der Waals surface area contributed by atoms with E-state index >= 15 is 0 Å². The van der Waals surface area contributed by atoms with Gasteiger partial charge in [0.1, 0.15) is 24.2 Å². The number of nitrogens with two attached hydrogens (primary N) is 2. The van der Waals surface area contributed by atoms with Gasteiger partial charge in [-0.1, -0.05) is 20.3 Å². The van der Waals surface area contributed by atoms with E-state index < -0.39 is 59.9 Å². The van der Waals surface area contributed by atoms with E-state index in [9.17, 15) is 34.2 Å². The average molecular weight is 492 g/mol. The standard InChI is InChI=1S/C20H37N5O7S/c1-5-10(2)16(19(30)24-13(20(31)32)6-7-14(21)27)25-17(28)12(8-9-33-4)23-18(29)15(22)11(3)26/h10-13,15-16,26H,5-9,22H2,1-4H3,(H2,21,27)(H,23,29)(H,24,30)(H,25,28)(H,31,32). The summed E-state index contributed by atoms with van der Waals surface area (Å²) >= 11 is 1.45. The maximum atomic E-state index is 13.0. The Labute approximate surface area is 198 Å². The number of carboxylic acids is 1. The van der Waals surface area contributed by atoms with E-state index in [0.29, 0.717) is 12.2 Å². The molecule has 0 spiro atoms. The molecule has 33 heavy (non-hydrogen) atoms. The first kappa shape index (κ1) is 30.6. The van der Waals surface area contributed by atoms with E-state index in [1.165, 1.54) is 18.7 Å². The molecule has 0 aliphatic rings. The molecule has 9 N–H and O–H groups in total. The van der Waals surface area contributed by atoms with E-state index in [1.54, 1.807) is 13.8 Å². The lowest BCUT2D eigenvalue weighted by Gasteiger charge is -2.28. The highest BCUT2D eigenvalue weighted by Crippen LogP contribution is 2.11. The molecule has 0 fully saturated rings. The van der Waals surface area contributed by atoms with E-state index in [2.05, 4.69) is 16.0 Å². The van der Waals surface area contributed by atoms with Gasteiger partial charge in [0.15, 0.2) is 0 Å². The van der Waals surface area contributed by atoms with E-state index in [1.807, 2.05) is 6.26 Å². The van der Waals surface area contributed by atoms with Gasteiger partial charge in [-0.3, -0.25) is 19.2 Å². The van der Waals surface area contributed by atoms with Crippen molar-refractivity contribution in [1.29, 1.82) is 0 Å². The highest BCUT2D eigenvalue weighted by atomic mass is 32.2. The van der Waals surface area contributed by atoms with Gasteiger partial charge in [-0.05, 0) is 37.7 Å².